The van der Waals surface area contributed by atoms with Crippen molar-refractivity contribution >= 4 is 17.4 Å². The highest BCUT2D eigenvalue weighted by molar-refractivity contribution is 8.00. The van der Waals surface area contributed by atoms with Gasteiger partial charge in [-0.3, -0.25) is 10.1 Å². The molecule has 2 rings (SSSR count). The Labute approximate surface area is 123 Å². The van der Waals surface area contributed by atoms with E-state index in [1.807, 2.05) is 17.8 Å². The van der Waals surface area contributed by atoms with Gasteiger partial charge in [0.15, 0.2) is 0 Å². The van der Waals surface area contributed by atoms with E-state index in [2.05, 4.69) is 11.6 Å². The zero-order chi connectivity index (χ0) is 14.6. The average molecular weight is 296 g/mol. The van der Waals surface area contributed by atoms with Gasteiger partial charge in [0.05, 0.1) is 18.1 Å². The molecule has 110 valence electrons. The lowest BCUT2D eigenvalue weighted by Gasteiger charge is -2.40. The lowest BCUT2D eigenvalue weighted by Crippen LogP contribution is -2.43. The van der Waals surface area contributed by atoms with Crippen molar-refractivity contribution in [2.75, 3.05) is 19.9 Å². The van der Waals surface area contributed by atoms with Crippen LogP contribution in [0.5, 0.6) is 5.75 Å². The van der Waals surface area contributed by atoms with Crippen LogP contribution in [0.3, 0.4) is 0 Å². The minimum atomic E-state index is -0.388. The number of thioether (sulfide) groups is 1. The van der Waals surface area contributed by atoms with Gasteiger partial charge in [0.25, 0.3) is 5.69 Å². The molecule has 0 bridgehead atoms. The number of nitrogens with one attached hydrogen (secondary N) is 1. The van der Waals surface area contributed by atoms with Gasteiger partial charge in [-0.15, -0.1) is 0 Å². The lowest BCUT2D eigenvalue weighted by molar-refractivity contribution is -0.385. The van der Waals surface area contributed by atoms with Crippen molar-refractivity contribution in [3.63, 3.8) is 0 Å². The fourth-order valence-corrected chi connectivity index (χ4v) is 3.37. The topological polar surface area (TPSA) is 64.4 Å². The van der Waals surface area contributed by atoms with Crippen LogP contribution in [0.4, 0.5) is 5.69 Å². The van der Waals surface area contributed by atoms with E-state index in [1.54, 1.807) is 6.07 Å². The van der Waals surface area contributed by atoms with Crippen molar-refractivity contribution in [3.8, 4) is 5.75 Å². The van der Waals surface area contributed by atoms with Gasteiger partial charge >= 0.3 is 0 Å². The maximum atomic E-state index is 10.9. The summed E-state index contributed by atoms with van der Waals surface area (Å²) in [4.78, 5) is 10.5. The van der Waals surface area contributed by atoms with Crippen molar-refractivity contribution in [1.82, 2.24) is 5.32 Å². The van der Waals surface area contributed by atoms with Crippen molar-refractivity contribution in [2.24, 2.45) is 0 Å². The molecule has 0 aromatic heterocycles. The van der Waals surface area contributed by atoms with Crippen LogP contribution >= 0.6 is 11.8 Å². The molecule has 1 fully saturated rings. The number of hydrogen-bond donors (Lipinski definition) is 1. The van der Waals surface area contributed by atoms with Crippen molar-refractivity contribution in [1.29, 1.82) is 0 Å². The number of non-ortho nitro benzene ring substituents is 1. The fourth-order valence-electron chi connectivity index (χ4n) is 2.43. The third-order valence-electron chi connectivity index (χ3n) is 3.87. The first-order valence-corrected chi connectivity index (χ1v) is 7.89. The number of methoxy groups -OCH3 is 1. The predicted molar refractivity (Wildman–Crippen MR) is 81.5 cm³/mol. The number of ether oxygens (including phenoxy) is 1. The third kappa shape index (κ3) is 3.43. The van der Waals surface area contributed by atoms with Gasteiger partial charge in [-0.1, -0.05) is 6.42 Å². The van der Waals surface area contributed by atoms with Crippen LogP contribution in [-0.2, 0) is 6.54 Å². The maximum absolute atomic E-state index is 10.9. The monoisotopic (exact) mass is 296 g/mol. The van der Waals surface area contributed by atoms with Crippen molar-refractivity contribution < 1.29 is 9.66 Å². The Morgan fingerprint density at radius 2 is 2.20 bits per heavy atom. The van der Waals surface area contributed by atoms with Crippen molar-refractivity contribution in [3.05, 3.63) is 33.9 Å². The highest BCUT2D eigenvalue weighted by Crippen LogP contribution is 2.42. The molecule has 0 radical (unpaired) electrons. The van der Waals surface area contributed by atoms with Gasteiger partial charge in [-0.05, 0) is 30.7 Å². The highest BCUT2D eigenvalue weighted by atomic mass is 32.2. The molecule has 0 saturated heterocycles. The molecule has 6 heteroatoms. The van der Waals surface area contributed by atoms with E-state index in [0.29, 0.717) is 17.0 Å². The number of nitro benzene ring substituents is 1. The Balaban J connectivity index is 1.98. The average Bonchev–Trinajstić information content (AvgIpc) is 2.41. The van der Waals surface area contributed by atoms with Gasteiger partial charge in [0, 0.05) is 23.9 Å². The summed E-state index contributed by atoms with van der Waals surface area (Å²) in [5, 5.41) is 14.3. The van der Waals surface area contributed by atoms with Crippen LogP contribution in [0.25, 0.3) is 0 Å². The number of rotatable bonds is 7. The minimum Gasteiger partial charge on any atom is -0.496 e. The summed E-state index contributed by atoms with van der Waals surface area (Å²) in [6, 6.07) is 4.88. The Morgan fingerprint density at radius 1 is 1.45 bits per heavy atom. The molecule has 1 aliphatic carbocycles. The normalized spacial score (nSPS) is 16.5. The summed E-state index contributed by atoms with van der Waals surface area (Å²) in [7, 11) is 1.52. The van der Waals surface area contributed by atoms with Crippen LogP contribution < -0.4 is 10.1 Å². The molecule has 0 atom stereocenters. The zero-order valence-electron chi connectivity index (χ0n) is 11.8. The molecule has 0 heterocycles. The summed E-state index contributed by atoms with van der Waals surface area (Å²) >= 11 is 1.91. The van der Waals surface area contributed by atoms with Crippen LogP contribution in [-0.4, -0.2) is 29.6 Å². The van der Waals surface area contributed by atoms with Crippen LogP contribution in [0, 0.1) is 10.1 Å². The second-order valence-corrected chi connectivity index (χ2v) is 6.41. The summed E-state index contributed by atoms with van der Waals surface area (Å²) in [5.74, 6) is 0.527. The van der Waals surface area contributed by atoms with E-state index in [9.17, 15) is 10.1 Å². The van der Waals surface area contributed by atoms with E-state index < -0.39 is 0 Å². The molecule has 20 heavy (non-hydrogen) atoms. The van der Waals surface area contributed by atoms with Crippen LogP contribution in [0.1, 0.15) is 24.8 Å². The Bertz CT molecular complexity index is 484. The predicted octanol–water partition coefficient (Wildman–Crippen LogP) is 2.98. The second kappa shape index (κ2) is 6.45. The third-order valence-corrected chi connectivity index (χ3v) is 5.29. The van der Waals surface area contributed by atoms with Gasteiger partial charge in [0.1, 0.15) is 5.75 Å². The van der Waals surface area contributed by atoms with E-state index in [4.69, 9.17) is 4.74 Å². The lowest BCUT2D eigenvalue weighted by atomic mass is 9.84. The van der Waals surface area contributed by atoms with Gasteiger partial charge in [-0.2, -0.15) is 11.8 Å². The first kappa shape index (κ1) is 15.1. The van der Waals surface area contributed by atoms with Gasteiger partial charge in [-0.25, -0.2) is 0 Å². The van der Waals surface area contributed by atoms with Crippen LogP contribution in [0.2, 0.25) is 0 Å². The van der Waals surface area contributed by atoms with Gasteiger partial charge in [0.2, 0.25) is 0 Å². The molecule has 0 unspecified atom stereocenters. The Hall–Kier alpha value is -1.27. The molecule has 0 amide bonds. The molecule has 0 aliphatic heterocycles. The zero-order valence-corrected chi connectivity index (χ0v) is 12.7. The molecule has 1 aromatic rings. The molecular weight excluding hydrogens is 276 g/mol. The maximum Gasteiger partial charge on any atom is 0.273 e. The summed E-state index contributed by atoms with van der Waals surface area (Å²) in [6.07, 6.45) is 5.95. The molecule has 1 aromatic carbocycles. The van der Waals surface area contributed by atoms with E-state index >= 15 is 0 Å². The Morgan fingerprint density at radius 3 is 2.70 bits per heavy atom. The molecule has 1 N–H and O–H groups in total. The summed E-state index contributed by atoms with van der Waals surface area (Å²) in [6.45, 7) is 1.57. The molecule has 0 spiro atoms. The first-order valence-electron chi connectivity index (χ1n) is 6.67. The number of nitro groups is 1. The fraction of sp³-hybridized carbons (Fsp3) is 0.571. The molecule has 1 aliphatic rings. The number of nitrogens with zero attached hydrogens (tertiary/aromatic N) is 1. The SMILES string of the molecule is COc1cc(CNCC2(SC)CCC2)cc([N+](=O)[O-])c1. The standard InChI is InChI=1S/C14H20N2O3S/c1-19-13-7-11(6-12(8-13)16(17)18)9-15-10-14(20-2)4-3-5-14/h6-8,15H,3-5,9-10H2,1-2H3. The van der Waals surface area contributed by atoms with Gasteiger partial charge < -0.3 is 10.1 Å². The quantitative estimate of drug-likeness (QED) is 0.619. The summed E-state index contributed by atoms with van der Waals surface area (Å²) in [5.41, 5.74) is 0.955. The summed E-state index contributed by atoms with van der Waals surface area (Å²) < 4.78 is 5.48. The largest absolute Gasteiger partial charge is 0.496 e. The highest BCUT2D eigenvalue weighted by Gasteiger charge is 2.35. The van der Waals surface area contributed by atoms with Crippen molar-refractivity contribution in [2.45, 2.75) is 30.6 Å². The first-order chi connectivity index (χ1) is 9.58. The molecule has 1 saturated carbocycles. The second-order valence-electron chi connectivity index (χ2n) is 5.14. The Kier molecular flexibility index (Phi) is 4.88. The van der Waals surface area contributed by atoms with E-state index in [0.717, 1.165) is 12.1 Å². The number of hydrogen-bond acceptors (Lipinski definition) is 5. The van der Waals surface area contributed by atoms with E-state index in [1.165, 1.54) is 32.4 Å². The molecule has 5 nitrogen and oxygen atoms in total. The minimum absolute atomic E-state index is 0.0735. The molecular formula is C14H20N2O3S. The smallest absolute Gasteiger partial charge is 0.273 e. The van der Waals surface area contributed by atoms with Crippen LogP contribution in [0.15, 0.2) is 18.2 Å². The number of benzene rings is 1. The van der Waals surface area contributed by atoms with E-state index in [-0.39, 0.29) is 10.6 Å².